The minimum Gasteiger partial charge on any atom is -0.351 e. The second-order valence-corrected chi connectivity index (χ2v) is 8.53. The predicted octanol–water partition coefficient (Wildman–Crippen LogP) is 3.36. The van der Waals surface area contributed by atoms with Crippen LogP contribution in [0.1, 0.15) is 35.8 Å². The molecular weight excluding hydrogens is 460 g/mol. The van der Waals surface area contributed by atoms with Crippen LogP contribution >= 0.6 is 15.9 Å². The van der Waals surface area contributed by atoms with Crippen molar-refractivity contribution in [2.45, 2.75) is 19.9 Å². The molecule has 0 spiro atoms. The fourth-order valence-electron chi connectivity index (χ4n) is 3.39. The number of anilines is 1. The molecule has 1 aliphatic rings. The summed E-state index contributed by atoms with van der Waals surface area (Å²) in [6.45, 7) is 4.49. The number of amides is 1. The predicted molar refractivity (Wildman–Crippen MR) is 119 cm³/mol. The van der Waals surface area contributed by atoms with Crippen molar-refractivity contribution in [2.24, 2.45) is 5.92 Å². The molecule has 2 N–H and O–H groups in total. The molecule has 9 heteroatoms. The number of carbonyl (C=O) groups is 2. The first-order chi connectivity index (χ1) is 15.0. The second kappa shape index (κ2) is 8.81. The van der Waals surface area contributed by atoms with Gasteiger partial charge in [-0.15, -0.1) is 0 Å². The van der Waals surface area contributed by atoms with Gasteiger partial charge < -0.3 is 10.6 Å². The van der Waals surface area contributed by atoms with Crippen LogP contribution in [0.5, 0.6) is 0 Å². The number of Topliss-reactive ketones (excluding diaryl/α,β-unsaturated/α-hetero) is 1. The minimum absolute atomic E-state index is 0.157. The Morgan fingerprint density at radius 2 is 1.84 bits per heavy atom. The Hall–Kier alpha value is -3.33. The van der Waals surface area contributed by atoms with Gasteiger partial charge >= 0.3 is 0 Å². The summed E-state index contributed by atoms with van der Waals surface area (Å²) in [5, 5.41) is 17.7. The van der Waals surface area contributed by atoms with Crippen LogP contribution in [0.25, 0.3) is 0 Å². The Morgan fingerprint density at radius 3 is 2.52 bits per heavy atom. The number of benzene rings is 2. The zero-order valence-electron chi connectivity index (χ0n) is 17.0. The van der Waals surface area contributed by atoms with Crippen molar-refractivity contribution >= 4 is 33.6 Å². The number of tetrazole rings is 1. The largest absolute Gasteiger partial charge is 0.351 e. The smallest absolute Gasteiger partial charge is 0.268 e. The van der Waals surface area contributed by atoms with Crippen LogP contribution in [-0.4, -0.2) is 38.4 Å². The first kappa shape index (κ1) is 20.9. The van der Waals surface area contributed by atoms with Crippen LogP contribution in [0, 0.1) is 5.92 Å². The van der Waals surface area contributed by atoms with Crippen molar-refractivity contribution in [3.8, 4) is 0 Å². The van der Waals surface area contributed by atoms with E-state index in [-0.39, 0.29) is 28.9 Å². The molecule has 0 radical (unpaired) electrons. The van der Waals surface area contributed by atoms with Gasteiger partial charge in [0, 0.05) is 16.6 Å². The molecule has 0 saturated carbocycles. The van der Waals surface area contributed by atoms with Crippen molar-refractivity contribution in [3.63, 3.8) is 0 Å². The zero-order valence-corrected chi connectivity index (χ0v) is 18.6. The molecular formula is C22H21BrN6O2. The Labute approximate surface area is 187 Å². The molecule has 158 valence electrons. The van der Waals surface area contributed by atoms with Gasteiger partial charge in [0.15, 0.2) is 5.78 Å². The Kier molecular flexibility index (Phi) is 5.94. The lowest BCUT2D eigenvalue weighted by atomic mass is 9.89. The molecule has 8 nitrogen and oxygen atoms in total. The third-order valence-electron chi connectivity index (χ3n) is 4.88. The third-order valence-corrected chi connectivity index (χ3v) is 5.41. The number of rotatable bonds is 6. The number of halogens is 1. The van der Waals surface area contributed by atoms with Crippen molar-refractivity contribution in [3.05, 3.63) is 81.5 Å². The molecule has 0 saturated heterocycles. The molecule has 31 heavy (non-hydrogen) atoms. The lowest BCUT2D eigenvalue weighted by molar-refractivity contribution is -0.117. The first-order valence-corrected chi connectivity index (χ1v) is 10.7. The zero-order chi connectivity index (χ0) is 22.0. The van der Waals surface area contributed by atoms with Crippen molar-refractivity contribution in [1.29, 1.82) is 0 Å². The van der Waals surface area contributed by atoms with Gasteiger partial charge in [0.2, 0.25) is 5.95 Å². The van der Waals surface area contributed by atoms with E-state index in [0.29, 0.717) is 18.1 Å². The molecule has 1 aliphatic heterocycles. The summed E-state index contributed by atoms with van der Waals surface area (Å²) in [6.07, 6.45) is 0. The van der Waals surface area contributed by atoms with E-state index >= 15 is 0 Å². The molecule has 0 fully saturated rings. The molecule has 0 aliphatic carbocycles. The summed E-state index contributed by atoms with van der Waals surface area (Å²) in [5.74, 6) is -0.0811. The van der Waals surface area contributed by atoms with Gasteiger partial charge in [-0.05, 0) is 34.0 Å². The number of nitrogens with zero attached hydrogens (tertiary/aromatic N) is 4. The van der Waals surface area contributed by atoms with Gasteiger partial charge in [0.25, 0.3) is 5.91 Å². The molecule has 0 bridgehead atoms. The molecule has 1 amide bonds. The highest BCUT2D eigenvalue weighted by molar-refractivity contribution is 9.10. The standard InChI is InChI=1S/C22H21BrN6O2/c1-13(2)12-24-21(31)18-17(20(30)15-6-4-3-5-7-15)19(14-8-10-16(23)11-9-14)29-22(25-18)26-27-28-29/h3-11,13,19H,12H2,1-2H3,(H,24,31)(H,25,26,28). The maximum atomic E-state index is 13.7. The lowest BCUT2D eigenvalue weighted by Crippen LogP contribution is -2.38. The Balaban J connectivity index is 1.89. The highest BCUT2D eigenvalue weighted by Crippen LogP contribution is 2.36. The number of ketones is 1. The second-order valence-electron chi connectivity index (χ2n) is 7.61. The van der Waals surface area contributed by atoms with Gasteiger partial charge in [0.1, 0.15) is 11.7 Å². The maximum absolute atomic E-state index is 13.7. The topological polar surface area (TPSA) is 102 Å². The number of nitrogens with one attached hydrogen (secondary N) is 2. The van der Waals surface area contributed by atoms with Crippen molar-refractivity contribution < 1.29 is 9.59 Å². The van der Waals surface area contributed by atoms with Crippen molar-refractivity contribution in [2.75, 3.05) is 11.9 Å². The summed E-state index contributed by atoms with van der Waals surface area (Å²) in [4.78, 5) is 26.8. The quantitative estimate of drug-likeness (QED) is 0.524. The number of aromatic nitrogens is 4. The Morgan fingerprint density at radius 1 is 1.13 bits per heavy atom. The van der Waals surface area contributed by atoms with E-state index in [0.717, 1.165) is 10.0 Å². The van der Waals surface area contributed by atoms with Gasteiger partial charge in [-0.2, -0.15) is 4.68 Å². The fraction of sp³-hybridized carbons (Fsp3) is 0.227. The van der Waals surface area contributed by atoms with Gasteiger partial charge in [0.05, 0.1) is 5.57 Å². The minimum atomic E-state index is -0.660. The Bertz CT molecular complexity index is 1140. The van der Waals surface area contributed by atoms with Crippen LogP contribution in [0.15, 0.2) is 70.3 Å². The molecule has 1 aromatic heterocycles. The van der Waals surface area contributed by atoms with Crippen LogP contribution in [0.2, 0.25) is 0 Å². The molecule has 2 heterocycles. The molecule has 1 unspecified atom stereocenters. The van der Waals surface area contributed by atoms with Gasteiger partial charge in [-0.1, -0.05) is 77.3 Å². The van der Waals surface area contributed by atoms with E-state index in [4.69, 9.17) is 0 Å². The summed E-state index contributed by atoms with van der Waals surface area (Å²) in [6, 6.07) is 15.7. The van der Waals surface area contributed by atoms with Crippen LogP contribution in [-0.2, 0) is 4.79 Å². The van der Waals surface area contributed by atoms with E-state index in [9.17, 15) is 9.59 Å². The maximum Gasteiger partial charge on any atom is 0.268 e. The molecule has 1 atom stereocenters. The number of hydrogen-bond donors (Lipinski definition) is 2. The average molecular weight is 481 g/mol. The fourth-order valence-corrected chi connectivity index (χ4v) is 3.65. The summed E-state index contributed by atoms with van der Waals surface area (Å²) in [7, 11) is 0. The van der Waals surface area contributed by atoms with Crippen LogP contribution < -0.4 is 10.6 Å². The van der Waals surface area contributed by atoms with E-state index in [1.807, 2.05) is 44.2 Å². The van der Waals surface area contributed by atoms with E-state index < -0.39 is 6.04 Å². The normalized spacial score (nSPS) is 15.4. The SMILES string of the molecule is CC(C)CNC(=O)C1=C(C(=O)c2ccccc2)C(c2ccc(Br)cc2)n2nnnc2N1. The van der Waals surface area contributed by atoms with E-state index in [2.05, 4.69) is 42.1 Å². The highest BCUT2D eigenvalue weighted by Gasteiger charge is 2.38. The first-order valence-electron chi connectivity index (χ1n) is 9.88. The van der Waals surface area contributed by atoms with Gasteiger partial charge in [-0.3, -0.25) is 9.59 Å². The lowest BCUT2D eigenvalue weighted by Gasteiger charge is -2.28. The number of hydrogen-bond acceptors (Lipinski definition) is 6. The van der Waals surface area contributed by atoms with E-state index in [1.54, 1.807) is 24.3 Å². The monoisotopic (exact) mass is 480 g/mol. The summed E-state index contributed by atoms with van der Waals surface area (Å²) in [5.41, 5.74) is 1.71. The number of fused-ring (bicyclic) bond motifs is 1. The van der Waals surface area contributed by atoms with Crippen molar-refractivity contribution in [1.82, 2.24) is 25.5 Å². The summed E-state index contributed by atoms with van der Waals surface area (Å²) < 4.78 is 2.43. The van der Waals surface area contributed by atoms with Crippen LogP contribution in [0.3, 0.4) is 0 Å². The molecule has 3 aromatic rings. The molecule has 2 aromatic carbocycles. The average Bonchev–Trinajstić information content (AvgIpc) is 3.25. The highest BCUT2D eigenvalue weighted by atomic mass is 79.9. The molecule has 4 rings (SSSR count). The van der Waals surface area contributed by atoms with Gasteiger partial charge in [-0.25, -0.2) is 0 Å². The van der Waals surface area contributed by atoms with E-state index in [1.165, 1.54) is 4.68 Å². The third kappa shape index (κ3) is 4.27. The number of carbonyl (C=O) groups excluding carboxylic acids is 2. The van der Waals surface area contributed by atoms with Crippen LogP contribution in [0.4, 0.5) is 5.95 Å². The summed E-state index contributed by atoms with van der Waals surface area (Å²) >= 11 is 3.44. The number of allylic oxidation sites excluding steroid dienone is 1.